The highest BCUT2D eigenvalue weighted by Gasteiger charge is 2.48. The molecule has 0 aliphatic carbocycles. The van der Waals surface area contributed by atoms with Crippen molar-refractivity contribution in [1.29, 1.82) is 0 Å². The zero-order valence-electron chi connectivity index (χ0n) is 11.4. The summed E-state index contributed by atoms with van der Waals surface area (Å²) >= 11 is 0. The van der Waals surface area contributed by atoms with Crippen LogP contribution in [0.1, 0.15) is 25.8 Å². The molecule has 4 nitrogen and oxygen atoms in total. The zero-order chi connectivity index (χ0) is 13.3. The number of benzene rings is 1. The maximum atomic E-state index is 5.79. The van der Waals surface area contributed by atoms with Gasteiger partial charge in [-0.3, -0.25) is 0 Å². The lowest BCUT2D eigenvalue weighted by Gasteiger charge is -2.20. The molecule has 19 heavy (non-hydrogen) atoms. The first-order valence-corrected chi connectivity index (χ1v) is 6.75. The van der Waals surface area contributed by atoms with E-state index in [0.717, 1.165) is 6.42 Å². The molecule has 0 bridgehead atoms. The summed E-state index contributed by atoms with van der Waals surface area (Å²) in [6.07, 6.45) is 0.707. The quantitative estimate of drug-likeness (QED) is 0.837. The molecule has 2 heterocycles. The van der Waals surface area contributed by atoms with Crippen LogP contribution in [-0.4, -0.2) is 30.9 Å². The van der Waals surface area contributed by atoms with Crippen LogP contribution in [0.2, 0.25) is 0 Å². The summed E-state index contributed by atoms with van der Waals surface area (Å²) in [5, 5.41) is 0. The second-order valence-electron chi connectivity index (χ2n) is 5.54. The fourth-order valence-corrected chi connectivity index (χ4v) is 2.57. The van der Waals surface area contributed by atoms with Crippen molar-refractivity contribution in [3.05, 3.63) is 35.9 Å². The van der Waals surface area contributed by atoms with E-state index in [1.807, 2.05) is 32.0 Å². The average Bonchev–Trinajstić information content (AvgIpc) is 2.83. The van der Waals surface area contributed by atoms with Gasteiger partial charge in [0.05, 0.1) is 19.3 Å². The molecule has 2 aliphatic rings. The largest absolute Gasteiger partial charge is 0.374 e. The molecular formula is C15H20O4. The Morgan fingerprint density at radius 3 is 2.74 bits per heavy atom. The third-order valence-electron chi connectivity index (χ3n) is 3.38. The van der Waals surface area contributed by atoms with Crippen LogP contribution in [0.25, 0.3) is 0 Å². The Hall–Kier alpha value is -0.940. The monoisotopic (exact) mass is 264 g/mol. The van der Waals surface area contributed by atoms with E-state index in [2.05, 4.69) is 12.1 Å². The van der Waals surface area contributed by atoms with Gasteiger partial charge < -0.3 is 18.9 Å². The highest BCUT2D eigenvalue weighted by atomic mass is 16.8. The van der Waals surface area contributed by atoms with E-state index >= 15 is 0 Å². The Morgan fingerprint density at radius 2 is 2.00 bits per heavy atom. The summed E-state index contributed by atoms with van der Waals surface area (Å²) in [6, 6.07) is 10.1. The van der Waals surface area contributed by atoms with Gasteiger partial charge in [-0.2, -0.15) is 0 Å². The molecule has 104 valence electrons. The van der Waals surface area contributed by atoms with Crippen molar-refractivity contribution < 1.29 is 18.9 Å². The first kappa shape index (κ1) is 13.1. The highest BCUT2D eigenvalue weighted by molar-refractivity contribution is 5.13. The SMILES string of the molecule is CC1(C)O[C@H]2O[C@H](COCc3ccccc3)C[C@H]2O1. The van der Waals surface area contributed by atoms with Crippen LogP contribution in [0, 0.1) is 0 Å². The van der Waals surface area contributed by atoms with Crippen LogP contribution in [0.4, 0.5) is 0 Å². The Labute approximate surface area is 113 Å². The molecule has 0 saturated carbocycles. The predicted octanol–water partition coefficient (Wildman–Crippen LogP) is 2.47. The summed E-state index contributed by atoms with van der Waals surface area (Å²) in [6.45, 7) is 5.02. The average molecular weight is 264 g/mol. The molecule has 1 aromatic carbocycles. The number of ether oxygens (including phenoxy) is 4. The summed E-state index contributed by atoms with van der Waals surface area (Å²) in [7, 11) is 0. The van der Waals surface area contributed by atoms with Gasteiger partial charge in [-0.25, -0.2) is 0 Å². The first-order chi connectivity index (χ1) is 9.12. The van der Waals surface area contributed by atoms with Crippen molar-refractivity contribution in [1.82, 2.24) is 0 Å². The lowest BCUT2D eigenvalue weighted by atomic mass is 10.2. The fraction of sp³-hybridized carbons (Fsp3) is 0.600. The Balaban J connectivity index is 1.42. The molecule has 3 atom stereocenters. The molecule has 1 aromatic rings. The third kappa shape index (κ3) is 3.15. The van der Waals surface area contributed by atoms with Crippen LogP contribution in [-0.2, 0) is 25.6 Å². The van der Waals surface area contributed by atoms with E-state index in [-0.39, 0.29) is 18.5 Å². The topological polar surface area (TPSA) is 36.9 Å². The van der Waals surface area contributed by atoms with Crippen LogP contribution < -0.4 is 0 Å². The van der Waals surface area contributed by atoms with Crippen LogP contribution in [0.3, 0.4) is 0 Å². The van der Waals surface area contributed by atoms with Crippen LogP contribution in [0.15, 0.2) is 30.3 Å². The van der Waals surface area contributed by atoms with E-state index < -0.39 is 5.79 Å². The lowest BCUT2D eigenvalue weighted by molar-refractivity contribution is -0.209. The van der Waals surface area contributed by atoms with Crippen molar-refractivity contribution in [3.63, 3.8) is 0 Å². The molecule has 4 heteroatoms. The lowest BCUT2D eigenvalue weighted by Crippen LogP contribution is -2.26. The predicted molar refractivity (Wildman–Crippen MR) is 69.4 cm³/mol. The normalized spacial score (nSPS) is 32.4. The van der Waals surface area contributed by atoms with Gasteiger partial charge in [-0.05, 0) is 19.4 Å². The van der Waals surface area contributed by atoms with E-state index in [4.69, 9.17) is 18.9 Å². The van der Waals surface area contributed by atoms with Gasteiger partial charge in [0.15, 0.2) is 12.1 Å². The highest BCUT2D eigenvalue weighted by Crippen LogP contribution is 2.37. The molecule has 0 spiro atoms. The number of rotatable bonds is 4. The van der Waals surface area contributed by atoms with Crippen molar-refractivity contribution in [2.75, 3.05) is 6.61 Å². The molecule has 0 radical (unpaired) electrons. The Morgan fingerprint density at radius 1 is 1.21 bits per heavy atom. The molecule has 0 N–H and O–H groups in total. The second-order valence-corrected chi connectivity index (χ2v) is 5.54. The summed E-state index contributed by atoms with van der Waals surface area (Å²) < 4.78 is 22.9. The van der Waals surface area contributed by atoms with Crippen LogP contribution in [0.5, 0.6) is 0 Å². The van der Waals surface area contributed by atoms with Gasteiger partial charge in [-0.15, -0.1) is 0 Å². The summed E-state index contributed by atoms with van der Waals surface area (Å²) in [5.41, 5.74) is 1.18. The molecule has 2 saturated heterocycles. The number of hydrogen-bond donors (Lipinski definition) is 0. The van der Waals surface area contributed by atoms with Gasteiger partial charge in [0, 0.05) is 6.42 Å². The number of hydrogen-bond acceptors (Lipinski definition) is 4. The van der Waals surface area contributed by atoms with Crippen LogP contribution >= 0.6 is 0 Å². The minimum atomic E-state index is -0.523. The second kappa shape index (κ2) is 5.21. The molecule has 2 fully saturated rings. The smallest absolute Gasteiger partial charge is 0.187 e. The van der Waals surface area contributed by atoms with Gasteiger partial charge in [0.1, 0.15) is 6.10 Å². The van der Waals surface area contributed by atoms with Crippen molar-refractivity contribution in [2.24, 2.45) is 0 Å². The maximum Gasteiger partial charge on any atom is 0.187 e. The standard InChI is InChI=1S/C15H20O4/c1-15(2)18-13-8-12(17-14(13)19-15)10-16-9-11-6-4-3-5-7-11/h3-7,12-14H,8-10H2,1-2H3/t12-,13+,14+/m0/s1. The first-order valence-electron chi connectivity index (χ1n) is 6.75. The van der Waals surface area contributed by atoms with E-state index in [1.54, 1.807) is 0 Å². The summed E-state index contributed by atoms with van der Waals surface area (Å²) in [5.74, 6) is -0.523. The molecule has 0 aromatic heterocycles. The molecule has 3 rings (SSSR count). The van der Waals surface area contributed by atoms with Gasteiger partial charge >= 0.3 is 0 Å². The molecule has 0 amide bonds. The van der Waals surface area contributed by atoms with Crippen molar-refractivity contribution in [3.8, 4) is 0 Å². The Bertz CT molecular complexity index is 401. The van der Waals surface area contributed by atoms with Gasteiger partial charge in [0.2, 0.25) is 0 Å². The van der Waals surface area contributed by atoms with Crippen molar-refractivity contribution in [2.45, 2.75) is 51.2 Å². The molecule has 2 aliphatic heterocycles. The van der Waals surface area contributed by atoms with E-state index in [9.17, 15) is 0 Å². The third-order valence-corrected chi connectivity index (χ3v) is 3.38. The molecular weight excluding hydrogens is 244 g/mol. The van der Waals surface area contributed by atoms with E-state index in [0.29, 0.717) is 13.2 Å². The Kier molecular flexibility index (Phi) is 3.58. The van der Waals surface area contributed by atoms with Gasteiger partial charge in [0.25, 0.3) is 0 Å². The number of fused-ring (bicyclic) bond motifs is 1. The minimum Gasteiger partial charge on any atom is -0.374 e. The minimum absolute atomic E-state index is 0.0420. The summed E-state index contributed by atoms with van der Waals surface area (Å²) in [4.78, 5) is 0. The van der Waals surface area contributed by atoms with E-state index in [1.165, 1.54) is 5.56 Å². The maximum absolute atomic E-state index is 5.79. The fourth-order valence-electron chi connectivity index (χ4n) is 2.57. The zero-order valence-corrected chi connectivity index (χ0v) is 11.4. The van der Waals surface area contributed by atoms with Crippen molar-refractivity contribution >= 4 is 0 Å². The van der Waals surface area contributed by atoms with Gasteiger partial charge in [-0.1, -0.05) is 30.3 Å². The molecule has 0 unspecified atom stereocenters.